The topological polar surface area (TPSA) is 29.5 Å². The maximum Gasteiger partial charge on any atom is 0.361 e. The van der Waals surface area contributed by atoms with Crippen molar-refractivity contribution in [3.63, 3.8) is 0 Å². The van der Waals surface area contributed by atoms with Crippen LogP contribution in [-0.2, 0) is 9.53 Å². The molecule has 0 saturated heterocycles. The molecular formula is C18H35N2O2+. The molecule has 22 heavy (non-hydrogen) atoms. The van der Waals surface area contributed by atoms with Gasteiger partial charge in [0.15, 0.2) is 6.54 Å². The van der Waals surface area contributed by atoms with E-state index in [0.29, 0.717) is 36.6 Å². The fourth-order valence-electron chi connectivity index (χ4n) is 5.75. The number of likely N-dealkylation sites (N-methyl/N-ethyl adjacent to an activating group) is 2. The monoisotopic (exact) mass is 311 g/mol. The second kappa shape index (κ2) is 5.48. The zero-order valence-electron chi connectivity index (χ0n) is 15.8. The summed E-state index contributed by atoms with van der Waals surface area (Å²) in [5.74, 6) is 0.631. The first-order valence-electron chi connectivity index (χ1n) is 8.63. The zero-order valence-corrected chi connectivity index (χ0v) is 15.8. The van der Waals surface area contributed by atoms with Gasteiger partial charge in [-0.1, -0.05) is 20.8 Å². The summed E-state index contributed by atoms with van der Waals surface area (Å²) in [6.45, 7) is 10.1. The number of carbonyl (C=O) groups excluding carboxylic acids is 1. The van der Waals surface area contributed by atoms with Crippen LogP contribution in [0.5, 0.6) is 0 Å². The number of hydrogen-bond donors (Lipinski definition) is 0. The van der Waals surface area contributed by atoms with Crippen molar-refractivity contribution in [3.05, 3.63) is 0 Å². The number of rotatable bonds is 5. The quantitative estimate of drug-likeness (QED) is 0.577. The fourth-order valence-corrected chi connectivity index (χ4v) is 5.75. The molecule has 0 aliphatic heterocycles. The normalized spacial score (nSPS) is 36.9. The Morgan fingerprint density at radius 3 is 2.36 bits per heavy atom. The van der Waals surface area contributed by atoms with Crippen LogP contribution in [0.2, 0.25) is 0 Å². The van der Waals surface area contributed by atoms with Gasteiger partial charge in [0.05, 0.1) is 26.7 Å². The third kappa shape index (κ3) is 2.39. The van der Waals surface area contributed by atoms with Crippen LogP contribution < -0.4 is 0 Å². The molecule has 4 nitrogen and oxygen atoms in total. The summed E-state index contributed by atoms with van der Waals surface area (Å²) in [6.07, 6.45) is 2.58. The highest BCUT2D eigenvalue weighted by Gasteiger charge is 2.71. The second-order valence-electron chi connectivity index (χ2n) is 8.93. The van der Waals surface area contributed by atoms with Crippen molar-refractivity contribution in [2.45, 2.75) is 52.6 Å². The molecule has 0 heterocycles. The van der Waals surface area contributed by atoms with Gasteiger partial charge in [0.25, 0.3) is 0 Å². The first-order chi connectivity index (χ1) is 9.99. The number of ether oxygens (including phenoxy) is 1. The number of quaternary nitrogens is 1. The van der Waals surface area contributed by atoms with Crippen molar-refractivity contribution in [1.82, 2.24) is 4.90 Å². The van der Waals surface area contributed by atoms with Gasteiger partial charge < -0.3 is 14.1 Å². The minimum atomic E-state index is -0.0748. The second-order valence-corrected chi connectivity index (χ2v) is 8.93. The van der Waals surface area contributed by atoms with E-state index in [4.69, 9.17) is 4.74 Å². The molecule has 0 spiro atoms. The van der Waals surface area contributed by atoms with E-state index in [-0.39, 0.29) is 11.4 Å². The third-order valence-electron chi connectivity index (χ3n) is 6.95. The molecule has 0 N–H and O–H groups in total. The van der Waals surface area contributed by atoms with Gasteiger partial charge in [0, 0.05) is 5.41 Å². The van der Waals surface area contributed by atoms with Gasteiger partial charge in [0.2, 0.25) is 0 Å². The Kier molecular flexibility index (Phi) is 4.42. The molecule has 0 radical (unpaired) electrons. The highest BCUT2D eigenvalue weighted by molar-refractivity contribution is 5.70. The molecule has 2 aliphatic carbocycles. The van der Waals surface area contributed by atoms with Crippen LogP contribution in [0.1, 0.15) is 40.5 Å². The molecule has 2 bridgehead atoms. The van der Waals surface area contributed by atoms with Gasteiger partial charge in [-0.15, -0.1) is 0 Å². The van der Waals surface area contributed by atoms with E-state index >= 15 is 0 Å². The van der Waals surface area contributed by atoms with Crippen molar-refractivity contribution < 1.29 is 14.0 Å². The Bertz CT molecular complexity index is 444. The van der Waals surface area contributed by atoms with Gasteiger partial charge >= 0.3 is 5.97 Å². The third-order valence-corrected chi connectivity index (χ3v) is 6.95. The lowest BCUT2D eigenvalue weighted by atomic mass is 9.68. The summed E-state index contributed by atoms with van der Waals surface area (Å²) in [4.78, 5) is 14.5. The number of hydrogen-bond acceptors (Lipinski definition) is 3. The average molecular weight is 311 g/mol. The number of fused-ring (bicyclic) bond motifs is 2. The van der Waals surface area contributed by atoms with Crippen LogP contribution in [0.3, 0.4) is 0 Å². The van der Waals surface area contributed by atoms with Gasteiger partial charge in [-0.3, -0.25) is 0 Å². The van der Waals surface area contributed by atoms with E-state index in [2.05, 4.69) is 53.9 Å². The largest absolute Gasteiger partial charge is 0.462 e. The summed E-state index contributed by atoms with van der Waals surface area (Å²) in [6, 6.07) is 0.985. The SMILES string of the molecule is CCOC(=O)C[N+](C)(C)C1C(N(C)C)C2CCC1(C)C2(C)C. The zero-order chi connectivity index (χ0) is 16.9. The predicted octanol–water partition coefficient (Wildman–Crippen LogP) is 2.38. The molecule has 2 fully saturated rings. The van der Waals surface area contributed by atoms with Crippen molar-refractivity contribution in [3.8, 4) is 0 Å². The van der Waals surface area contributed by atoms with E-state index in [9.17, 15) is 4.79 Å². The lowest BCUT2D eigenvalue weighted by Gasteiger charge is -2.50. The van der Waals surface area contributed by atoms with Crippen molar-refractivity contribution >= 4 is 5.97 Å². The molecule has 2 rings (SSSR count). The van der Waals surface area contributed by atoms with Crippen LogP contribution >= 0.6 is 0 Å². The summed E-state index contributed by atoms with van der Waals surface area (Å²) < 4.78 is 5.95. The first kappa shape index (κ1) is 17.7. The Morgan fingerprint density at radius 2 is 1.86 bits per heavy atom. The van der Waals surface area contributed by atoms with Crippen LogP contribution in [-0.4, -0.2) is 68.8 Å². The molecular weight excluding hydrogens is 276 g/mol. The maximum absolute atomic E-state index is 12.1. The number of nitrogens with zero attached hydrogens (tertiary/aromatic N) is 2. The average Bonchev–Trinajstić information content (AvgIpc) is 2.68. The summed E-state index contributed by atoms with van der Waals surface area (Å²) in [7, 11) is 8.81. The highest BCUT2D eigenvalue weighted by atomic mass is 16.5. The fraction of sp³-hybridized carbons (Fsp3) is 0.944. The maximum atomic E-state index is 12.1. The van der Waals surface area contributed by atoms with Gasteiger partial charge in [0.1, 0.15) is 6.04 Å². The minimum Gasteiger partial charge on any atom is -0.462 e. The lowest BCUT2D eigenvalue weighted by molar-refractivity contribution is -0.917. The summed E-state index contributed by atoms with van der Waals surface area (Å²) in [5, 5.41) is 0. The van der Waals surface area contributed by atoms with E-state index in [0.717, 1.165) is 4.48 Å². The van der Waals surface area contributed by atoms with E-state index in [1.54, 1.807) is 0 Å². The molecule has 4 atom stereocenters. The van der Waals surface area contributed by atoms with Crippen molar-refractivity contribution in [2.24, 2.45) is 16.7 Å². The molecule has 2 saturated carbocycles. The predicted molar refractivity (Wildman–Crippen MR) is 89.5 cm³/mol. The van der Waals surface area contributed by atoms with Gasteiger partial charge in [-0.2, -0.15) is 0 Å². The molecule has 0 aromatic heterocycles. The molecule has 2 aliphatic rings. The van der Waals surface area contributed by atoms with E-state index in [1.165, 1.54) is 12.8 Å². The van der Waals surface area contributed by atoms with Crippen LogP contribution in [0.25, 0.3) is 0 Å². The number of esters is 1. The van der Waals surface area contributed by atoms with Crippen molar-refractivity contribution in [1.29, 1.82) is 0 Å². The number of carbonyl (C=O) groups is 1. The Balaban J connectivity index is 2.36. The standard InChI is InChI=1S/C18H35N2O2/c1-9-22-14(21)12-20(7,8)16-15(19(5)6)13-10-11-18(16,4)17(13,2)3/h13,15-16H,9-12H2,1-8H3/q+1. The summed E-state index contributed by atoms with van der Waals surface area (Å²) in [5.41, 5.74) is 0.583. The molecule has 0 amide bonds. The summed E-state index contributed by atoms with van der Waals surface area (Å²) >= 11 is 0. The Labute approximate surface area is 136 Å². The van der Waals surface area contributed by atoms with Crippen LogP contribution in [0, 0.1) is 16.7 Å². The first-order valence-corrected chi connectivity index (χ1v) is 8.63. The molecule has 0 aromatic rings. The van der Waals surface area contributed by atoms with E-state index in [1.807, 2.05) is 6.92 Å². The molecule has 4 heteroatoms. The lowest BCUT2D eigenvalue weighted by Crippen LogP contribution is -2.64. The molecule has 128 valence electrons. The molecule has 4 unspecified atom stereocenters. The smallest absolute Gasteiger partial charge is 0.361 e. The van der Waals surface area contributed by atoms with Gasteiger partial charge in [-0.25, -0.2) is 4.79 Å². The molecule has 0 aromatic carbocycles. The van der Waals surface area contributed by atoms with E-state index < -0.39 is 0 Å². The Hall–Kier alpha value is -0.610. The van der Waals surface area contributed by atoms with Crippen LogP contribution in [0.4, 0.5) is 0 Å². The van der Waals surface area contributed by atoms with Gasteiger partial charge in [-0.05, 0) is 45.2 Å². The highest BCUT2D eigenvalue weighted by Crippen LogP contribution is 2.67. The van der Waals surface area contributed by atoms with Crippen molar-refractivity contribution in [2.75, 3.05) is 41.3 Å². The minimum absolute atomic E-state index is 0.0748. The van der Waals surface area contributed by atoms with Crippen LogP contribution in [0.15, 0.2) is 0 Å². The Morgan fingerprint density at radius 1 is 1.27 bits per heavy atom.